The SMILES string of the molecule is C[C@@H](CNC(=O)Cc1cccc(O)c1)C[C@@H](C)O. The van der Waals surface area contributed by atoms with Crippen LogP contribution < -0.4 is 5.32 Å². The van der Waals surface area contributed by atoms with Crippen molar-refractivity contribution in [2.24, 2.45) is 5.92 Å². The Morgan fingerprint density at radius 2 is 2.11 bits per heavy atom. The Bertz CT molecular complexity index is 390. The van der Waals surface area contributed by atoms with E-state index in [1.807, 2.05) is 6.92 Å². The van der Waals surface area contributed by atoms with Crippen molar-refractivity contribution in [2.75, 3.05) is 6.54 Å². The number of benzene rings is 1. The largest absolute Gasteiger partial charge is 0.508 e. The third-order valence-corrected chi connectivity index (χ3v) is 2.67. The molecule has 0 spiro atoms. The molecule has 0 unspecified atom stereocenters. The maximum Gasteiger partial charge on any atom is 0.224 e. The van der Waals surface area contributed by atoms with Crippen LogP contribution in [0.25, 0.3) is 0 Å². The molecular weight excluding hydrogens is 230 g/mol. The van der Waals surface area contributed by atoms with Gasteiger partial charge in [-0.3, -0.25) is 4.79 Å². The molecule has 4 nitrogen and oxygen atoms in total. The minimum Gasteiger partial charge on any atom is -0.508 e. The number of hydrogen-bond donors (Lipinski definition) is 3. The predicted octanol–water partition coefficient (Wildman–Crippen LogP) is 1.46. The van der Waals surface area contributed by atoms with Crippen molar-refractivity contribution in [3.05, 3.63) is 29.8 Å². The summed E-state index contributed by atoms with van der Waals surface area (Å²) in [4.78, 5) is 11.7. The first-order valence-electron chi connectivity index (χ1n) is 6.20. The lowest BCUT2D eigenvalue weighted by molar-refractivity contribution is -0.120. The zero-order valence-corrected chi connectivity index (χ0v) is 10.9. The molecule has 2 atom stereocenters. The number of hydrogen-bond acceptors (Lipinski definition) is 3. The van der Waals surface area contributed by atoms with Crippen LogP contribution in [0.3, 0.4) is 0 Å². The monoisotopic (exact) mass is 251 g/mol. The lowest BCUT2D eigenvalue weighted by Gasteiger charge is -2.14. The van der Waals surface area contributed by atoms with Gasteiger partial charge in [-0.15, -0.1) is 0 Å². The number of aliphatic hydroxyl groups excluding tert-OH is 1. The van der Waals surface area contributed by atoms with Gasteiger partial charge in [-0.05, 0) is 37.0 Å². The van der Waals surface area contributed by atoms with Gasteiger partial charge in [0.25, 0.3) is 0 Å². The number of amides is 1. The summed E-state index contributed by atoms with van der Waals surface area (Å²) >= 11 is 0. The van der Waals surface area contributed by atoms with Crippen LogP contribution in [0.4, 0.5) is 0 Å². The molecule has 0 saturated carbocycles. The molecule has 0 aromatic heterocycles. The Labute approximate surface area is 108 Å². The van der Waals surface area contributed by atoms with Crippen LogP contribution in [0.2, 0.25) is 0 Å². The minimum atomic E-state index is -0.344. The lowest BCUT2D eigenvalue weighted by Crippen LogP contribution is -2.30. The van der Waals surface area contributed by atoms with Crippen LogP contribution >= 0.6 is 0 Å². The average molecular weight is 251 g/mol. The molecule has 1 amide bonds. The van der Waals surface area contributed by atoms with Gasteiger partial charge >= 0.3 is 0 Å². The highest BCUT2D eigenvalue weighted by Gasteiger charge is 2.09. The first-order valence-corrected chi connectivity index (χ1v) is 6.20. The number of aliphatic hydroxyl groups is 1. The van der Waals surface area contributed by atoms with Gasteiger partial charge in [-0.25, -0.2) is 0 Å². The third-order valence-electron chi connectivity index (χ3n) is 2.67. The van der Waals surface area contributed by atoms with E-state index in [0.29, 0.717) is 13.0 Å². The molecule has 0 saturated heterocycles. The van der Waals surface area contributed by atoms with Crippen LogP contribution in [-0.2, 0) is 11.2 Å². The highest BCUT2D eigenvalue weighted by molar-refractivity contribution is 5.78. The number of phenols is 1. The molecule has 4 heteroatoms. The van der Waals surface area contributed by atoms with Crippen molar-refractivity contribution in [3.63, 3.8) is 0 Å². The molecular formula is C14H21NO3. The van der Waals surface area contributed by atoms with E-state index in [1.54, 1.807) is 31.2 Å². The molecule has 100 valence electrons. The van der Waals surface area contributed by atoms with Gasteiger partial charge in [0.15, 0.2) is 0 Å². The maximum atomic E-state index is 11.7. The second-order valence-electron chi connectivity index (χ2n) is 4.84. The number of phenolic OH excluding ortho intramolecular Hbond substituents is 1. The second kappa shape index (κ2) is 7.01. The fourth-order valence-corrected chi connectivity index (χ4v) is 1.87. The molecule has 1 aromatic rings. The third kappa shape index (κ3) is 5.68. The minimum absolute atomic E-state index is 0.0713. The number of carbonyl (C=O) groups is 1. The molecule has 0 aliphatic heterocycles. The zero-order valence-electron chi connectivity index (χ0n) is 10.9. The van der Waals surface area contributed by atoms with Crippen molar-refractivity contribution in [1.29, 1.82) is 0 Å². The van der Waals surface area contributed by atoms with Crippen molar-refractivity contribution >= 4 is 5.91 Å². The van der Waals surface area contributed by atoms with Gasteiger partial charge in [0.05, 0.1) is 12.5 Å². The van der Waals surface area contributed by atoms with Gasteiger partial charge in [-0.1, -0.05) is 19.1 Å². The van der Waals surface area contributed by atoms with Crippen molar-refractivity contribution in [2.45, 2.75) is 32.8 Å². The molecule has 18 heavy (non-hydrogen) atoms. The van der Waals surface area contributed by atoms with E-state index in [9.17, 15) is 15.0 Å². The second-order valence-corrected chi connectivity index (χ2v) is 4.84. The van der Waals surface area contributed by atoms with E-state index in [-0.39, 0.29) is 30.1 Å². The van der Waals surface area contributed by atoms with E-state index >= 15 is 0 Å². The van der Waals surface area contributed by atoms with Gasteiger partial charge in [0.2, 0.25) is 5.91 Å². The van der Waals surface area contributed by atoms with Crippen LogP contribution in [0.5, 0.6) is 5.75 Å². The highest BCUT2D eigenvalue weighted by Crippen LogP contribution is 2.11. The number of carbonyl (C=O) groups excluding carboxylic acids is 1. The molecule has 0 aliphatic carbocycles. The van der Waals surface area contributed by atoms with Crippen LogP contribution in [0.15, 0.2) is 24.3 Å². The summed E-state index contributed by atoms with van der Waals surface area (Å²) in [5.74, 6) is 0.346. The van der Waals surface area contributed by atoms with Crippen molar-refractivity contribution in [3.8, 4) is 5.75 Å². The summed E-state index contributed by atoms with van der Waals surface area (Å²) in [6, 6.07) is 6.68. The fraction of sp³-hybridized carbons (Fsp3) is 0.500. The van der Waals surface area contributed by atoms with Crippen LogP contribution in [0, 0.1) is 5.92 Å². The topological polar surface area (TPSA) is 69.6 Å². The quantitative estimate of drug-likeness (QED) is 0.717. The van der Waals surface area contributed by atoms with E-state index in [0.717, 1.165) is 5.56 Å². The van der Waals surface area contributed by atoms with E-state index < -0.39 is 0 Å². The fourth-order valence-electron chi connectivity index (χ4n) is 1.87. The molecule has 0 fully saturated rings. The maximum absolute atomic E-state index is 11.7. The van der Waals surface area contributed by atoms with Gasteiger partial charge in [0, 0.05) is 6.54 Å². The summed E-state index contributed by atoms with van der Waals surface area (Å²) in [7, 11) is 0. The molecule has 1 aromatic carbocycles. The van der Waals surface area contributed by atoms with Crippen molar-refractivity contribution < 1.29 is 15.0 Å². The zero-order chi connectivity index (χ0) is 13.5. The number of nitrogens with one attached hydrogen (secondary N) is 1. The summed E-state index contributed by atoms with van der Waals surface area (Å²) < 4.78 is 0. The first kappa shape index (κ1) is 14.5. The highest BCUT2D eigenvalue weighted by atomic mass is 16.3. The van der Waals surface area contributed by atoms with E-state index in [2.05, 4.69) is 5.32 Å². The Kier molecular flexibility index (Phi) is 5.65. The Morgan fingerprint density at radius 3 is 2.72 bits per heavy atom. The summed E-state index contributed by atoms with van der Waals surface area (Å²) in [5, 5.41) is 21.3. The van der Waals surface area contributed by atoms with E-state index in [4.69, 9.17) is 0 Å². The Morgan fingerprint density at radius 1 is 1.39 bits per heavy atom. The summed E-state index contributed by atoms with van der Waals surface area (Å²) in [6.07, 6.45) is 0.588. The van der Waals surface area contributed by atoms with Crippen LogP contribution in [0.1, 0.15) is 25.8 Å². The van der Waals surface area contributed by atoms with Gasteiger partial charge < -0.3 is 15.5 Å². The summed E-state index contributed by atoms with van der Waals surface area (Å²) in [5.41, 5.74) is 0.788. The summed E-state index contributed by atoms with van der Waals surface area (Å²) in [6.45, 7) is 4.29. The number of aromatic hydroxyl groups is 1. The molecule has 0 bridgehead atoms. The first-order chi connectivity index (χ1) is 8.47. The van der Waals surface area contributed by atoms with E-state index in [1.165, 1.54) is 0 Å². The van der Waals surface area contributed by atoms with Crippen LogP contribution in [-0.4, -0.2) is 28.8 Å². The molecule has 1 rings (SSSR count). The smallest absolute Gasteiger partial charge is 0.224 e. The Hall–Kier alpha value is -1.55. The molecule has 0 radical (unpaired) electrons. The normalized spacial score (nSPS) is 13.9. The molecule has 0 heterocycles. The van der Waals surface area contributed by atoms with Gasteiger partial charge in [0.1, 0.15) is 5.75 Å². The van der Waals surface area contributed by atoms with Crippen molar-refractivity contribution in [1.82, 2.24) is 5.32 Å². The average Bonchev–Trinajstić information content (AvgIpc) is 2.25. The predicted molar refractivity (Wildman–Crippen MR) is 70.3 cm³/mol. The Balaban J connectivity index is 2.34. The molecule has 0 aliphatic rings. The lowest BCUT2D eigenvalue weighted by atomic mass is 10.0. The standard InChI is InChI=1S/C14H21NO3/c1-10(6-11(2)16)9-15-14(18)8-12-4-3-5-13(17)7-12/h3-5,7,10-11,16-17H,6,8-9H2,1-2H3,(H,15,18)/t10-,11-/m1/s1. The van der Waals surface area contributed by atoms with Gasteiger partial charge in [-0.2, -0.15) is 0 Å². The molecule has 3 N–H and O–H groups in total. The number of rotatable bonds is 6.